The van der Waals surface area contributed by atoms with E-state index in [1.165, 1.54) is 0 Å². The highest BCUT2D eigenvalue weighted by Gasteiger charge is 2.24. The zero-order valence-corrected chi connectivity index (χ0v) is 16.7. The van der Waals surface area contributed by atoms with E-state index in [0.29, 0.717) is 18.8 Å². The Morgan fingerprint density at radius 2 is 1.66 bits per heavy atom. The van der Waals surface area contributed by atoms with Crippen LogP contribution in [0, 0.1) is 5.92 Å². The smallest absolute Gasteiger partial charge is 0.289 e. The fraction of sp³-hybridized carbons (Fsp3) is 0.304. The molecule has 150 valence electrons. The topological polar surface area (TPSA) is 65.8 Å². The molecular weight excluding hydrogens is 366 g/mol. The fourth-order valence-electron chi connectivity index (χ4n) is 3.45. The molecule has 1 fully saturated rings. The molecule has 0 spiro atoms. The molecule has 2 aromatic carbocycles. The molecule has 3 aromatic rings. The monoisotopic (exact) mass is 391 g/mol. The fourth-order valence-corrected chi connectivity index (χ4v) is 3.45. The Hall–Kier alpha value is -3.28. The van der Waals surface area contributed by atoms with Crippen molar-refractivity contribution in [3.63, 3.8) is 0 Å². The maximum absolute atomic E-state index is 12.8. The number of anilines is 2. The number of furan rings is 1. The number of nitrogens with one attached hydrogen (secondary N) is 1. The Labute approximate surface area is 170 Å². The highest BCUT2D eigenvalue weighted by atomic mass is 16.3. The Bertz CT molecular complexity index is 982. The Kier molecular flexibility index (Phi) is 5.25. The van der Waals surface area contributed by atoms with Gasteiger partial charge in [-0.3, -0.25) is 9.59 Å². The predicted molar refractivity (Wildman–Crippen MR) is 114 cm³/mol. The van der Waals surface area contributed by atoms with E-state index in [1.807, 2.05) is 73.3 Å². The lowest BCUT2D eigenvalue weighted by Gasteiger charge is -2.35. The first-order valence-corrected chi connectivity index (χ1v) is 9.95. The van der Waals surface area contributed by atoms with Crippen LogP contribution in [0.2, 0.25) is 0 Å². The minimum Gasteiger partial charge on any atom is -0.451 e. The number of fused-ring (bicyclic) bond motifs is 1. The maximum Gasteiger partial charge on any atom is 0.289 e. The number of para-hydroxylation sites is 1. The molecule has 0 radical (unpaired) electrons. The molecule has 1 N–H and O–H groups in total. The van der Waals surface area contributed by atoms with E-state index in [4.69, 9.17) is 4.42 Å². The molecule has 4 rings (SSSR count). The number of hydrogen-bond donors (Lipinski definition) is 1. The number of amides is 2. The van der Waals surface area contributed by atoms with Gasteiger partial charge in [-0.25, -0.2) is 0 Å². The van der Waals surface area contributed by atoms with Gasteiger partial charge in [-0.05, 0) is 36.4 Å². The first-order valence-electron chi connectivity index (χ1n) is 9.95. The van der Waals surface area contributed by atoms with Crippen LogP contribution < -0.4 is 10.2 Å². The summed E-state index contributed by atoms with van der Waals surface area (Å²) in [6.45, 7) is 6.53. The van der Waals surface area contributed by atoms with E-state index >= 15 is 0 Å². The van der Waals surface area contributed by atoms with Crippen LogP contribution in [0.5, 0.6) is 0 Å². The molecule has 6 nitrogen and oxygen atoms in total. The number of benzene rings is 2. The zero-order chi connectivity index (χ0) is 20.4. The van der Waals surface area contributed by atoms with Gasteiger partial charge in [-0.2, -0.15) is 0 Å². The van der Waals surface area contributed by atoms with Crippen molar-refractivity contribution in [2.24, 2.45) is 5.92 Å². The number of piperazine rings is 1. The van der Waals surface area contributed by atoms with Crippen molar-refractivity contribution in [2.75, 3.05) is 36.4 Å². The largest absolute Gasteiger partial charge is 0.451 e. The van der Waals surface area contributed by atoms with Gasteiger partial charge in [0.25, 0.3) is 5.91 Å². The molecule has 29 heavy (non-hydrogen) atoms. The molecule has 0 saturated carbocycles. The van der Waals surface area contributed by atoms with E-state index < -0.39 is 0 Å². The van der Waals surface area contributed by atoms with Crippen LogP contribution in [0.25, 0.3) is 11.0 Å². The SMILES string of the molecule is CC(C)C(=O)Nc1ccc(N2CCN(C(=O)c3cc4ccccc4o3)CC2)cc1. The third-order valence-electron chi connectivity index (χ3n) is 5.23. The number of hydrogen-bond acceptors (Lipinski definition) is 4. The van der Waals surface area contributed by atoms with Gasteiger partial charge in [-0.1, -0.05) is 32.0 Å². The zero-order valence-electron chi connectivity index (χ0n) is 16.7. The van der Waals surface area contributed by atoms with Crippen molar-refractivity contribution in [2.45, 2.75) is 13.8 Å². The first-order chi connectivity index (χ1) is 14.0. The van der Waals surface area contributed by atoms with Gasteiger partial charge in [0.15, 0.2) is 5.76 Å². The second-order valence-electron chi connectivity index (χ2n) is 7.62. The Morgan fingerprint density at radius 1 is 0.966 bits per heavy atom. The van der Waals surface area contributed by atoms with Gasteiger partial charge in [0.05, 0.1) is 0 Å². The summed E-state index contributed by atoms with van der Waals surface area (Å²) in [7, 11) is 0. The lowest BCUT2D eigenvalue weighted by molar-refractivity contribution is -0.118. The molecule has 1 aromatic heterocycles. The van der Waals surface area contributed by atoms with Crippen molar-refractivity contribution >= 4 is 34.2 Å². The van der Waals surface area contributed by atoms with Crippen LogP contribution >= 0.6 is 0 Å². The van der Waals surface area contributed by atoms with Gasteiger partial charge in [0.1, 0.15) is 5.58 Å². The Morgan fingerprint density at radius 3 is 2.31 bits per heavy atom. The summed E-state index contributed by atoms with van der Waals surface area (Å²) in [5.41, 5.74) is 2.62. The molecule has 0 atom stereocenters. The van der Waals surface area contributed by atoms with Crippen LogP contribution in [-0.2, 0) is 4.79 Å². The van der Waals surface area contributed by atoms with E-state index in [9.17, 15) is 9.59 Å². The molecule has 0 bridgehead atoms. The third kappa shape index (κ3) is 4.11. The average molecular weight is 391 g/mol. The quantitative estimate of drug-likeness (QED) is 0.730. The third-order valence-corrected chi connectivity index (χ3v) is 5.23. The molecule has 1 aliphatic heterocycles. The van der Waals surface area contributed by atoms with E-state index in [-0.39, 0.29) is 17.7 Å². The van der Waals surface area contributed by atoms with Crippen molar-refractivity contribution in [1.29, 1.82) is 0 Å². The van der Waals surface area contributed by atoms with E-state index in [1.54, 1.807) is 0 Å². The highest BCUT2D eigenvalue weighted by Crippen LogP contribution is 2.23. The second-order valence-corrected chi connectivity index (χ2v) is 7.62. The number of nitrogens with zero attached hydrogens (tertiary/aromatic N) is 2. The minimum absolute atomic E-state index is 0.00969. The summed E-state index contributed by atoms with van der Waals surface area (Å²) in [5, 5.41) is 3.85. The summed E-state index contributed by atoms with van der Waals surface area (Å²) >= 11 is 0. The summed E-state index contributed by atoms with van der Waals surface area (Å²) in [4.78, 5) is 28.7. The molecule has 2 amide bonds. The van der Waals surface area contributed by atoms with Crippen molar-refractivity contribution in [1.82, 2.24) is 4.90 Å². The summed E-state index contributed by atoms with van der Waals surface area (Å²) < 4.78 is 5.72. The van der Waals surface area contributed by atoms with Crippen molar-refractivity contribution < 1.29 is 14.0 Å². The average Bonchev–Trinajstić information content (AvgIpc) is 3.18. The van der Waals surface area contributed by atoms with Gasteiger partial charge < -0.3 is 19.5 Å². The van der Waals surface area contributed by atoms with Crippen LogP contribution in [0.15, 0.2) is 59.0 Å². The molecule has 1 saturated heterocycles. The normalized spacial score (nSPS) is 14.4. The van der Waals surface area contributed by atoms with Gasteiger partial charge in [-0.15, -0.1) is 0 Å². The van der Waals surface area contributed by atoms with E-state index in [2.05, 4.69) is 10.2 Å². The highest BCUT2D eigenvalue weighted by molar-refractivity contribution is 5.96. The van der Waals surface area contributed by atoms with Crippen molar-refractivity contribution in [3.05, 3.63) is 60.4 Å². The summed E-state index contributed by atoms with van der Waals surface area (Å²) in [6, 6.07) is 17.3. The minimum atomic E-state index is -0.0624. The number of carbonyl (C=O) groups is 2. The first kappa shape index (κ1) is 19.1. The van der Waals surface area contributed by atoms with Crippen LogP contribution in [0.4, 0.5) is 11.4 Å². The van der Waals surface area contributed by atoms with Crippen LogP contribution in [0.1, 0.15) is 24.4 Å². The standard InChI is InChI=1S/C23H25N3O3/c1-16(2)22(27)24-18-7-9-19(10-8-18)25-11-13-26(14-12-25)23(28)21-15-17-5-3-4-6-20(17)29-21/h3-10,15-16H,11-14H2,1-2H3,(H,24,27). The molecular formula is C23H25N3O3. The van der Waals surface area contributed by atoms with Crippen LogP contribution in [0.3, 0.4) is 0 Å². The lowest BCUT2D eigenvalue weighted by atomic mass is 10.2. The van der Waals surface area contributed by atoms with Crippen LogP contribution in [-0.4, -0.2) is 42.9 Å². The molecule has 0 aliphatic carbocycles. The predicted octanol–water partition coefficient (Wildman–Crippen LogP) is 3.99. The number of carbonyl (C=O) groups excluding carboxylic acids is 2. The van der Waals surface area contributed by atoms with Crippen molar-refractivity contribution in [3.8, 4) is 0 Å². The summed E-state index contributed by atoms with van der Waals surface area (Å²) in [6.07, 6.45) is 0. The molecule has 1 aliphatic rings. The number of rotatable bonds is 4. The van der Waals surface area contributed by atoms with E-state index in [0.717, 1.165) is 35.4 Å². The second kappa shape index (κ2) is 7.99. The maximum atomic E-state index is 12.8. The van der Waals surface area contributed by atoms with Gasteiger partial charge >= 0.3 is 0 Å². The Balaban J connectivity index is 1.36. The molecule has 0 unspecified atom stereocenters. The van der Waals surface area contributed by atoms with Gasteiger partial charge in [0.2, 0.25) is 5.91 Å². The van der Waals surface area contributed by atoms with Gasteiger partial charge in [0, 0.05) is 48.9 Å². The summed E-state index contributed by atoms with van der Waals surface area (Å²) in [5.74, 6) is 0.292. The molecule has 6 heteroatoms. The molecule has 2 heterocycles. The lowest BCUT2D eigenvalue weighted by Crippen LogP contribution is -2.48.